The molecule has 1 heterocycles. The summed E-state index contributed by atoms with van der Waals surface area (Å²) in [6.07, 6.45) is 2.27. The second kappa shape index (κ2) is 8.69. The average Bonchev–Trinajstić information content (AvgIpc) is 2.99. The fraction of sp³-hybridized carbons (Fsp3) is 0.412. The molecule has 1 aromatic carbocycles. The first-order valence-corrected chi connectivity index (χ1v) is 9.00. The molecule has 0 aliphatic carbocycles. The number of hydrogen-bond donors (Lipinski definition) is 1. The Morgan fingerprint density at radius 3 is 2.76 bits per heavy atom. The van der Waals surface area contributed by atoms with Gasteiger partial charge in [0.25, 0.3) is 0 Å². The zero-order chi connectivity index (χ0) is 15.1. The zero-order valence-electron chi connectivity index (χ0n) is 12.7. The summed E-state index contributed by atoms with van der Waals surface area (Å²) in [7, 11) is 4.25. The smallest absolute Gasteiger partial charge is 0.0330 e. The van der Waals surface area contributed by atoms with Crippen molar-refractivity contribution < 1.29 is 0 Å². The Balaban J connectivity index is 1.79. The number of benzene rings is 1. The van der Waals surface area contributed by atoms with Gasteiger partial charge in [0, 0.05) is 21.9 Å². The predicted molar refractivity (Wildman–Crippen MR) is 96.1 cm³/mol. The fourth-order valence-corrected chi connectivity index (χ4v) is 3.53. The normalized spacial score (nSPS) is 12.8. The molecule has 0 spiro atoms. The second-order valence-corrected chi connectivity index (χ2v) is 7.27. The molecule has 4 heteroatoms. The van der Waals surface area contributed by atoms with Gasteiger partial charge in [-0.05, 0) is 62.6 Å². The van der Waals surface area contributed by atoms with Crippen molar-refractivity contribution in [2.75, 3.05) is 27.2 Å². The predicted octanol–water partition coefficient (Wildman–Crippen LogP) is 4.34. The minimum atomic E-state index is 0.409. The van der Waals surface area contributed by atoms with E-state index in [0.717, 1.165) is 30.4 Å². The molecule has 0 aliphatic heterocycles. The van der Waals surface area contributed by atoms with Gasteiger partial charge in [-0.2, -0.15) is 0 Å². The molecule has 21 heavy (non-hydrogen) atoms. The maximum absolute atomic E-state index is 3.55. The van der Waals surface area contributed by atoms with Gasteiger partial charge in [-0.1, -0.05) is 34.1 Å². The highest BCUT2D eigenvalue weighted by molar-refractivity contribution is 9.10. The van der Waals surface area contributed by atoms with E-state index in [4.69, 9.17) is 0 Å². The standard InChI is InChI=1S/C17H23BrN2S/c1-19-17(14-5-3-6-15(18)13-14)9-11-20(2)10-8-16-7-4-12-21-16/h3-7,12-13,17,19H,8-11H2,1-2H3. The van der Waals surface area contributed by atoms with Crippen LogP contribution in [0.25, 0.3) is 0 Å². The topological polar surface area (TPSA) is 15.3 Å². The summed E-state index contributed by atoms with van der Waals surface area (Å²) >= 11 is 5.40. The summed E-state index contributed by atoms with van der Waals surface area (Å²) in [4.78, 5) is 3.89. The molecule has 2 rings (SSSR count). The van der Waals surface area contributed by atoms with Gasteiger partial charge in [-0.3, -0.25) is 0 Å². The molecule has 2 aromatic rings. The first-order chi connectivity index (χ1) is 10.2. The lowest BCUT2D eigenvalue weighted by molar-refractivity contribution is 0.315. The van der Waals surface area contributed by atoms with Crippen molar-refractivity contribution >= 4 is 27.3 Å². The van der Waals surface area contributed by atoms with Crippen molar-refractivity contribution in [2.45, 2.75) is 18.9 Å². The summed E-state index contributed by atoms with van der Waals surface area (Å²) in [6.45, 7) is 2.22. The van der Waals surface area contributed by atoms with Gasteiger partial charge >= 0.3 is 0 Å². The van der Waals surface area contributed by atoms with Crippen LogP contribution in [0.5, 0.6) is 0 Å². The summed E-state index contributed by atoms with van der Waals surface area (Å²) in [5.41, 5.74) is 1.35. The van der Waals surface area contributed by atoms with Crippen molar-refractivity contribution in [2.24, 2.45) is 0 Å². The molecule has 1 aromatic heterocycles. The van der Waals surface area contributed by atoms with Crippen LogP contribution in [0.1, 0.15) is 22.9 Å². The van der Waals surface area contributed by atoms with Crippen molar-refractivity contribution in [3.63, 3.8) is 0 Å². The molecule has 114 valence electrons. The van der Waals surface area contributed by atoms with E-state index in [1.807, 2.05) is 18.4 Å². The molecular formula is C17H23BrN2S. The third kappa shape index (κ3) is 5.55. The molecule has 0 radical (unpaired) electrons. The first-order valence-electron chi connectivity index (χ1n) is 7.32. The third-order valence-electron chi connectivity index (χ3n) is 3.72. The number of thiophene rings is 1. The van der Waals surface area contributed by atoms with Crippen LogP contribution in [0.3, 0.4) is 0 Å². The average molecular weight is 367 g/mol. The SMILES string of the molecule is CNC(CCN(C)CCc1cccs1)c1cccc(Br)c1. The van der Waals surface area contributed by atoms with Crippen LogP contribution in [0.4, 0.5) is 0 Å². The number of hydrogen-bond acceptors (Lipinski definition) is 3. The molecule has 1 N–H and O–H groups in total. The lowest BCUT2D eigenvalue weighted by Gasteiger charge is -2.22. The Kier molecular flexibility index (Phi) is 6.90. The number of nitrogens with one attached hydrogen (secondary N) is 1. The molecule has 1 unspecified atom stereocenters. The number of likely N-dealkylation sites (N-methyl/N-ethyl adjacent to an activating group) is 1. The molecule has 0 saturated carbocycles. The van der Waals surface area contributed by atoms with Crippen LogP contribution in [-0.2, 0) is 6.42 Å². The van der Waals surface area contributed by atoms with Crippen LogP contribution in [0, 0.1) is 0 Å². The largest absolute Gasteiger partial charge is 0.313 e. The van der Waals surface area contributed by atoms with Gasteiger partial charge in [0.15, 0.2) is 0 Å². The van der Waals surface area contributed by atoms with Gasteiger partial charge in [-0.25, -0.2) is 0 Å². The van der Waals surface area contributed by atoms with E-state index < -0.39 is 0 Å². The highest BCUT2D eigenvalue weighted by Crippen LogP contribution is 2.20. The van der Waals surface area contributed by atoms with Crippen molar-refractivity contribution in [1.29, 1.82) is 0 Å². The van der Waals surface area contributed by atoms with Gasteiger partial charge in [0.2, 0.25) is 0 Å². The second-order valence-electron chi connectivity index (χ2n) is 5.32. The van der Waals surface area contributed by atoms with Crippen LogP contribution in [0.15, 0.2) is 46.3 Å². The van der Waals surface area contributed by atoms with E-state index in [1.54, 1.807) is 0 Å². The minimum absolute atomic E-state index is 0.409. The lowest BCUT2D eigenvalue weighted by Crippen LogP contribution is -2.27. The van der Waals surface area contributed by atoms with Gasteiger partial charge in [-0.15, -0.1) is 11.3 Å². The van der Waals surface area contributed by atoms with E-state index in [9.17, 15) is 0 Å². The number of halogens is 1. The molecular weight excluding hydrogens is 344 g/mol. The molecule has 1 atom stereocenters. The van der Waals surface area contributed by atoms with E-state index in [1.165, 1.54) is 10.4 Å². The first kappa shape index (κ1) is 16.7. The van der Waals surface area contributed by atoms with Gasteiger partial charge in [0.05, 0.1) is 0 Å². The van der Waals surface area contributed by atoms with Crippen molar-refractivity contribution in [1.82, 2.24) is 10.2 Å². The molecule has 2 nitrogen and oxygen atoms in total. The number of rotatable bonds is 8. The monoisotopic (exact) mass is 366 g/mol. The molecule has 0 saturated heterocycles. The van der Waals surface area contributed by atoms with E-state index in [2.05, 4.69) is 75.0 Å². The van der Waals surface area contributed by atoms with Gasteiger partial charge < -0.3 is 10.2 Å². The third-order valence-corrected chi connectivity index (χ3v) is 5.15. The quantitative estimate of drug-likeness (QED) is 0.747. The van der Waals surface area contributed by atoms with Crippen LogP contribution < -0.4 is 5.32 Å². The van der Waals surface area contributed by atoms with Crippen molar-refractivity contribution in [3.8, 4) is 0 Å². The molecule has 0 amide bonds. The Labute approximate surface area is 140 Å². The Bertz CT molecular complexity index is 527. The van der Waals surface area contributed by atoms with Crippen LogP contribution >= 0.6 is 27.3 Å². The summed E-state index contributed by atoms with van der Waals surface area (Å²) < 4.78 is 1.14. The Hall–Kier alpha value is -0.680. The van der Waals surface area contributed by atoms with E-state index in [0.29, 0.717) is 6.04 Å². The summed E-state index contributed by atoms with van der Waals surface area (Å²) in [6, 6.07) is 13.3. The maximum Gasteiger partial charge on any atom is 0.0330 e. The van der Waals surface area contributed by atoms with Crippen LogP contribution in [0.2, 0.25) is 0 Å². The Morgan fingerprint density at radius 1 is 1.24 bits per heavy atom. The maximum atomic E-state index is 3.55. The Morgan fingerprint density at radius 2 is 2.10 bits per heavy atom. The van der Waals surface area contributed by atoms with Crippen molar-refractivity contribution in [3.05, 3.63) is 56.7 Å². The summed E-state index contributed by atoms with van der Waals surface area (Å²) in [5, 5.41) is 5.58. The zero-order valence-corrected chi connectivity index (χ0v) is 15.1. The number of nitrogens with zero attached hydrogens (tertiary/aromatic N) is 1. The minimum Gasteiger partial charge on any atom is -0.313 e. The molecule has 0 bridgehead atoms. The van der Waals surface area contributed by atoms with E-state index in [-0.39, 0.29) is 0 Å². The molecule has 0 fully saturated rings. The highest BCUT2D eigenvalue weighted by atomic mass is 79.9. The lowest BCUT2D eigenvalue weighted by atomic mass is 10.0. The molecule has 0 aliphatic rings. The van der Waals surface area contributed by atoms with Crippen LogP contribution in [-0.4, -0.2) is 32.1 Å². The van der Waals surface area contributed by atoms with Gasteiger partial charge in [0.1, 0.15) is 0 Å². The highest BCUT2D eigenvalue weighted by Gasteiger charge is 2.10. The fourth-order valence-electron chi connectivity index (χ4n) is 2.42. The van der Waals surface area contributed by atoms with E-state index >= 15 is 0 Å². The summed E-state index contributed by atoms with van der Waals surface area (Å²) in [5.74, 6) is 0.